The van der Waals surface area contributed by atoms with E-state index in [2.05, 4.69) is 10.1 Å². The number of carbonyl (C=O) groups is 2. The van der Waals surface area contributed by atoms with Crippen LogP contribution >= 0.6 is 0 Å². The highest BCUT2D eigenvalue weighted by molar-refractivity contribution is 7.89. The first-order valence-electron chi connectivity index (χ1n) is 6.14. The molecule has 1 rings (SSSR count). The Labute approximate surface area is 123 Å². The number of ether oxygens (including phenoxy) is 1. The van der Waals surface area contributed by atoms with Gasteiger partial charge in [0.05, 0.1) is 25.0 Å². The van der Waals surface area contributed by atoms with Crippen molar-refractivity contribution in [2.45, 2.75) is 11.3 Å². The third kappa shape index (κ3) is 4.54. The van der Waals surface area contributed by atoms with Crippen LogP contribution < -0.4 is 5.32 Å². The van der Waals surface area contributed by atoms with Crippen molar-refractivity contribution in [1.82, 2.24) is 9.62 Å². The van der Waals surface area contributed by atoms with Crippen LogP contribution in [0.25, 0.3) is 0 Å². The molecule has 0 bridgehead atoms. The molecule has 21 heavy (non-hydrogen) atoms. The summed E-state index contributed by atoms with van der Waals surface area (Å²) in [5.41, 5.74) is 0.648. The molecule has 0 saturated heterocycles. The van der Waals surface area contributed by atoms with Crippen LogP contribution in [-0.4, -0.2) is 52.3 Å². The fourth-order valence-corrected chi connectivity index (χ4v) is 2.69. The molecule has 1 aromatic rings. The van der Waals surface area contributed by atoms with Crippen LogP contribution in [0.2, 0.25) is 0 Å². The van der Waals surface area contributed by atoms with E-state index in [0.29, 0.717) is 5.56 Å². The minimum absolute atomic E-state index is 0.0579. The smallest absolute Gasteiger partial charge is 0.309 e. The van der Waals surface area contributed by atoms with Crippen LogP contribution in [-0.2, 0) is 30.8 Å². The van der Waals surface area contributed by atoms with Gasteiger partial charge in [-0.1, -0.05) is 12.1 Å². The first-order chi connectivity index (χ1) is 9.81. The van der Waals surface area contributed by atoms with Crippen LogP contribution in [0.4, 0.5) is 0 Å². The van der Waals surface area contributed by atoms with E-state index >= 15 is 0 Å². The zero-order valence-electron chi connectivity index (χ0n) is 12.1. The lowest BCUT2D eigenvalue weighted by atomic mass is 10.2. The number of hydrogen-bond acceptors (Lipinski definition) is 5. The van der Waals surface area contributed by atoms with Gasteiger partial charge in [0, 0.05) is 14.1 Å². The molecule has 0 saturated carbocycles. The summed E-state index contributed by atoms with van der Waals surface area (Å²) in [6, 6.07) is 5.87. The SMILES string of the molecule is CNC(=O)CN(C)S(=O)(=O)c1ccc(CC(=O)OC)cc1. The van der Waals surface area contributed by atoms with E-state index in [1.807, 2.05) is 0 Å². The predicted octanol–water partition coefficient (Wildman–Crippen LogP) is -0.231. The number of nitrogens with one attached hydrogen (secondary N) is 1. The standard InChI is InChI=1S/C13H18N2O5S/c1-14-12(16)9-15(2)21(18,19)11-6-4-10(5-7-11)8-13(17)20-3/h4-7H,8-9H2,1-3H3,(H,14,16). The molecule has 0 aromatic heterocycles. The largest absolute Gasteiger partial charge is 0.469 e. The van der Waals surface area contributed by atoms with Crippen LogP contribution in [0.3, 0.4) is 0 Å². The molecule has 116 valence electrons. The number of rotatable bonds is 6. The van der Waals surface area contributed by atoms with Gasteiger partial charge in [-0.15, -0.1) is 0 Å². The molecule has 0 aliphatic carbocycles. The minimum Gasteiger partial charge on any atom is -0.469 e. The van der Waals surface area contributed by atoms with Gasteiger partial charge in [0.15, 0.2) is 0 Å². The molecular formula is C13H18N2O5S. The summed E-state index contributed by atoms with van der Waals surface area (Å²) in [5.74, 6) is -0.800. The number of amides is 1. The van der Waals surface area contributed by atoms with Gasteiger partial charge in [-0.05, 0) is 17.7 Å². The van der Waals surface area contributed by atoms with Gasteiger partial charge in [0.2, 0.25) is 15.9 Å². The maximum Gasteiger partial charge on any atom is 0.309 e. The topological polar surface area (TPSA) is 92.8 Å². The van der Waals surface area contributed by atoms with E-state index < -0.39 is 21.9 Å². The molecular weight excluding hydrogens is 296 g/mol. The summed E-state index contributed by atoms with van der Waals surface area (Å²) < 4.78 is 30.0. The number of nitrogens with zero attached hydrogens (tertiary/aromatic N) is 1. The Morgan fingerprint density at radius 1 is 1.24 bits per heavy atom. The maximum absolute atomic E-state index is 12.2. The van der Waals surface area contributed by atoms with Gasteiger partial charge in [0.1, 0.15) is 0 Å². The number of likely N-dealkylation sites (N-methyl/N-ethyl adjacent to an activating group) is 2. The van der Waals surface area contributed by atoms with Crippen LogP contribution in [0, 0.1) is 0 Å². The van der Waals surface area contributed by atoms with Crippen molar-refractivity contribution in [3.63, 3.8) is 0 Å². The molecule has 0 atom stereocenters. The fourth-order valence-electron chi connectivity index (χ4n) is 1.56. The molecule has 8 heteroatoms. The molecule has 0 aliphatic heterocycles. The Balaban J connectivity index is 2.89. The highest BCUT2D eigenvalue weighted by atomic mass is 32.2. The molecule has 0 spiro atoms. The third-order valence-electron chi connectivity index (χ3n) is 2.85. The highest BCUT2D eigenvalue weighted by Crippen LogP contribution is 2.15. The van der Waals surface area contributed by atoms with E-state index in [1.54, 1.807) is 0 Å². The molecule has 1 amide bonds. The summed E-state index contributed by atoms with van der Waals surface area (Å²) in [6.07, 6.45) is 0.0743. The predicted molar refractivity (Wildman–Crippen MR) is 76.0 cm³/mol. The fraction of sp³-hybridized carbons (Fsp3) is 0.385. The third-order valence-corrected chi connectivity index (χ3v) is 4.67. The van der Waals surface area contributed by atoms with E-state index in [9.17, 15) is 18.0 Å². The van der Waals surface area contributed by atoms with E-state index in [0.717, 1.165) is 4.31 Å². The second-order valence-corrected chi connectivity index (χ2v) is 6.38. The van der Waals surface area contributed by atoms with Crippen LogP contribution in [0.15, 0.2) is 29.2 Å². The van der Waals surface area contributed by atoms with Gasteiger partial charge < -0.3 is 10.1 Å². The second kappa shape index (κ2) is 7.19. The normalized spacial score (nSPS) is 11.2. The minimum atomic E-state index is -3.74. The lowest BCUT2D eigenvalue weighted by Crippen LogP contribution is -2.36. The van der Waals surface area contributed by atoms with Gasteiger partial charge in [0.25, 0.3) is 0 Å². The molecule has 0 heterocycles. The summed E-state index contributed by atoms with van der Waals surface area (Å²) >= 11 is 0. The summed E-state index contributed by atoms with van der Waals surface area (Å²) in [4.78, 5) is 22.4. The number of carbonyl (C=O) groups excluding carboxylic acids is 2. The van der Waals surface area contributed by atoms with Gasteiger partial charge in [-0.3, -0.25) is 9.59 Å². The average molecular weight is 314 g/mol. The Morgan fingerprint density at radius 2 is 1.81 bits per heavy atom. The molecule has 0 aliphatic rings. The summed E-state index contributed by atoms with van der Waals surface area (Å²) in [7, 11) is 0.309. The van der Waals surface area contributed by atoms with Crippen molar-refractivity contribution >= 4 is 21.9 Å². The number of sulfonamides is 1. The van der Waals surface area contributed by atoms with Gasteiger partial charge in [-0.2, -0.15) is 4.31 Å². The second-order valence-electron chi connectivity index (χ2n) is 4.33. The monoisotopic (exact) mass is 314 g/mol. The van der Waals surface area contributed by atoms with E-state index in [-0.39, 0.29) is 17.9 Å². The molecule has 7 nitrogen and oxygen atoms in total. The zero-order valence-corrected chi connectivity index (χ0v) is 12.9. The quantitative estimate of drug-likeness (QED) is 0.732. The van der Waals surface area contributed by atoms with Crippen molar-refractivity contribution in [3.8, 4) is 0 Å². The number of esters is 1. The van der Waals surface area contributed by atoms with E-state index in [1.165, 1.54) is 45.5 Å². The Hall–Kier alpha value is -1.93. The summed E-state index contributed by atoms with van der Waals surface area (Å²) in [6.45, 7) is -0.261. The van der Waals surface area contributed by atoms with Crippen LogP contribution in [0.1, 0.15) is 5.56 Å². The number of benzene rings is 1. The van der Waals surface area contributed by atoms with Crippen molar-refractivity contribution < 1.29 is 22.7 Å². The lowest BCUT2D eigenvalue weighted by molar-refractivity contribution is -0.139. The van der Waals surface area contributed by atoms with Gasteiger partial charge in [-0.25, -0.2) is 8.42 Å². The number of methoxy groups -OCH3 is 1. The van der Waals surface area contributed by atoms with E-state index in [4.69, 9.17) is 0 Å². The summed E-state index contributed by atoms with van der Waals surface area (Å²) in [5, 5.41) is 2.36. The maximum atomic E-state index is 12.2. The Morgan fingerprint density at radius 3 is 2.29 bits per heavy atom. The molecule has 0 fully saturated rings. The molecule has 0 unspecified atom stereocenters. The van der Waals surface area contributed by atoms with Gasteiger partial charge >= 0.3 is 5.97 Å². The zero-order chi connectivity index (χ0) is 16.0. The van der Waals surface area contributed by atoms with Crippen molar-refractivity contribution in [2.24, 2.45) is 0 Å². The van der Waals surface area contributed by atoms with Crippen molar-refractivity contribution in [2.75, 3.05) is 27.7 Å². The number of hydrogen-bond donors (Lipinski definition) is 1. The Bertz CT molecular complexity index is 610. The lowest BCUT2D eigenvalue weighted by Gasteiger charge is -2.16. The molecule has 1 aromatic carbocycles. The highest BCUT2D eigenvalue weighted by Gasteiger charge is 2.22. The Kier molecular flexibility index (Phi) is 5.86. The average Bonchev–Trinajstić information content (AvgIpc) is 2.47. The first kappa shape index (κ1) is 17.1. The van der Waals surface area contributed by atoms with Crippen molar-refractivity contribution in [1.29, 1.82) is 0 Å². The first-order valence-corrected chi connectivity index (χ1v) is 7.58. The van der Waals surface area contributed by atoms with Crippen LogP contribution in [0.5, 0.6) is 0 Å². The molecule has 0 radical (unpaired) electrons. The molecule has 1 N–H and O–H groups in total. The van der Waals surface area contributed by atoms with Crippen molar-refractivity contribution in [3.05, 3.63) is 29.8 Å².